The molecule has 0 spiro atoms. The smallest absolute Gasteiger partial charge is 0.279 e. The Morgan fingerprint density at radius 2 is 1.81 bits per heavy atom. The van der Waals surface area contributed by atoms with Crippen LogP contribution in [0, 0.1) is 0 Å². The van der Waals surface area contributed by atoms with Crippen molar-refractivity contribution < 1.29 is 0 Å². The van der Waals surface area contributed by atoms with Crippen LogP contribution < -0.4 is 5.56 Å². The van der Waals surface area contributed by atoms with Crippen molar-refractivity contribution in [2.75, 3.05) is 0 Å². The van der Waals surface area contributed by atoms with E-state index in [2.05, 4.69) is 38.8 Å². The summed E-state index contributed by atoms with van der Waals surface area (Å²) in [6.07, 6.45) is 3.80. The Morgan fingerprint density at radius 1 is 1.04 bits per heavy atom. The van der Waals surface area contributed by atoms with Crippen LogP contribution in [0.3, 0.4) is 0 Å². The van der Waals surface area contributed by atoms with Crippen molar-refractivity contribution in [3.8, 4) is 0 Å². The van der Waals surface area contributed by atoms with Crippen molar-refractivity contribution in [2.24, 2.45) is 14.1 Å². The van der Waals surface area contributed by atoms with Gasteiger partial charge < -0.3 is 14.1 Å². The molecule has 0 aliphatic heterocycles. The number of nitrogens with zero attached hydrogens (tertiary/aromatic N) is 7. The van der Waals surface area contributed by atoms with Crippen LogP contribution >= 0.6 is 0 Å². The van der Waals surface area contributed by atoms with Crippen molar-refractivity contribution >= 4 is 22.3 Å². The summed E-state index contributed by atoms with van der Waals surface area (Å²) >= 11 is 0. The Morgan fingerprint density at radius 3 is 2.56 bits per heavy atom. The molecule has 0 amide bonds. The molecular weight excluding hydrogens is 344 g/mol. The Labute approximate surface area is 155 Å². The lowest BCUT2D eigenvalue weighted by molar-refractivity contribution is 0.649. The number of nitrogens with one attached hydrogen (secondary N) is 1. The molecule has 0 saturated heterocycles. The SMILES string of the molecule is CC(C)c1ncnc2c1nc(CC(C)c1nc3c(ncn3C)c(=O)[nH]1)n2C. The van der Waals surface area contributed by atoms with Gasteiger partial charge in [0.15, 0.2) is 16.8 Å². The zero-order valence-electron chi connectivity index (χ0n) is 16.1. The second-order valence-corrected chi connectivity index (χ2v) is 7.26. The molecule has 0 saturated carbocycles. The molecule has 4 aromatic heterocycles. The molecule has 1 atom stereocenters. The molecule has 1 unspecified atom stereocenters. The zero-order valence-corrected chi connectivity index (χ0v) is 16.1. The Hall–Kier alpha value is -3.10. The first kappa shape index (κ1) is 17.3. The number of hydrogen-bond donors (Lipinski definition) is 1. The first-order valence-corrected chi connectivity index (χ1v) is 8.94. The van der Waals surface area contributed by atoms with Crippen molar-refractivity contribution in [1.82, 2.24) is 39.0 Å². The highest BCUT2D eigenvalue weighted by atomic mass is 16.1. The summed E-state index contributed by atoms with van der Waals surface area (Å²) in [7, 11) is 3.78. The van der Waals surface area contributed by atoms with E-state index in [-0.39, 0.29) is 17.4 Å². The van der Waals surface area contributed by atoms with Crippen LogP contribution in [0.5, 0.6) is 0 Å². The number of imidazole rings is 2. The van der Waals surface area contributed by atoms with E-state index in [1.165, 1.54) is 0 Å². The molecule has 27 heavy (non-hydrogen) atoms. The van der Waals surface area contributed by atoms with Gasteiger partial charge in [0.05, 0.1) is 12.0 Å². The van der Waals surface area contributed by atoms with Gasteiger partial charge in [0.25, 0.3) is 5.56 Å². The lowest BCUT2D eigenvalue weighted by Gasteiger charge is -2.10. The third-order valence-corrected chi connectivity index (χ3v) is 4.87. The van der Waals surface area contributed by atoms with Gasteiger partial charge >= 0.3 is 0 Å². The molecule has 0 radical (unpaired) electrons. The fraction of sp³-hybridized carbons (Fsp3) is 0.444. The minimum atomic E-state index is -0.222. The number of fused-ring (bicyclic) bond motifs is 2. The fourth-order valence-electron chi connectivity index (χ4n) is 3.30. The van der Waals surface area contributed by atoms with Crippen LogP contribution in [0.15, 0.2) is 17.4 Å². The third kappa shape index (κ3) is 2.79. The molecule has 0 aliphatic carbocycles. The van der Waals surface area contributed by atoms with E-state index in [9.17, 15) is 4.79 Å². The van der Waals surface area contributed by atoms with Crippen LogP contribution in [-0.4, -0.2) is 39.0 Å². The Balaban J connectivity index is 1.74. The summed E-state index contributed by atoms with van der Waals surface area (Å²) in [6, 6.07) is 0. The largest absolute Gasteiger partial charge is 0.318 e. The van der Waals surface area contributed by atoms with E-state index in [0.717, 1.165) is 22.7 Å². The van der Waals surface area contributed by atoms with Gasteiger partial charge in [0.1, 0.15) is 23.5 Å². The van der Waals surface area contributed by atoms with Crippen molar-refractivity contribution in [3.05, 3.63) is 40.4 Å². The number of H-pyrrole nitrogens is 1. The fourth-order valence-corrected chi connectivity index (χ4v) is 3.30. The average Bonchev–Trinajstić information content (AvgIpc) is 3.16. The maximum atomic E-state index is 12.3. The number of hydrogen-bond acceptors (Lipinski definition) is 6. The maximum absolute atomic E-state index is 12.3. The van der Waals surface area contributed by atoms with Crippen LogP contribution in [0.2, 0.25) is 0 Å². The van der Waals surface area contributed by atoms with Crippen molar-refractivity contribution in [3.63, 3.8) is 0 Å². The van der Waals surface area contributed by atoms with Gasteiger partial charge in [-0.2, -0.15) is 0 Å². The van der Waals surface area contributed by atoms with E-state index in [1.54, 1.807) is 17.2 Å². The standard InChI is InChI=1S/C18H22N8O/c1-9(2)12-13-16(20-7-19-12)26(5)11(22-13)6-10(3)15-23-17-14(18(27)24-15)21-8-25(17)4/h7-10H,6H2,1-5H3,(H,23,24,27). The minimum absolute atomic E-state index is 0.0250. The first-order chi connectivity index (χ1) is 12.9. The third-order valence-electron chi connectivity index (χ3n) is 4.87. The van der Waals surface area contributed by atoms with Crippen LogP contribution in [0.1, 0.15) is 49.9 Å². The van der Waals surface area contributed by atoms with Gasteiger partial charge in [0, 0.05) is 26.4 Å². The van der Waals surface area contributed by atoms with E-state index in [0.29, 0.717) is 23.4 Å². The van der Waals surface area contributed by atoms with E-state index in [4.69, 9.17) is 4.98 Å². The quantitative estimate of drug-likeness (QED) is 0.590. The highest BCUT2D eigenvalue weighted by Gasteiger charge is 2.20. The molecule has 0 bridgehead atoms. The van der Waals surface area contributed by atoms with Gasteiger partial charge in [-0.15, -0.1) is 0 Å². The van der Waals surface area contributed by atoms with Gasteiger partial charge in [-0.05, 0) is 5.92 Å². The van der Waals surface area contributed by atoms with Crippen LogP contribution in [0.4, 0.5) is 0 Å². The lowest BCUT2D eigenvalue weighted by atomic mass is 10.1. The topological polar surface area (TPSA) is 107 Å². The molecule has 140 valence electrons. The number of rotatable bonds is 4. The van der Waals surface area contributed by atoms with E-state index in [1.807, 2.05) is 25.6 Å². The van der Waals surface area contributed by atoms with Crippen molar-refractivity contribution in [1.29, 1.82) is 0 Å². The number of aromatic nitrogens is 8. The van der Waals surface area contributed by atoms with E-state index >= 15 is 0 Å². The summed E-state index contributed by atoms with van der Waals surface area (Å²) in [5.41, 5.74) is 3.31. The van der Waals surface area contributed by atoms with Gasteiger partial charge in [-0.3, -0.25) is 4.79 Å². The maximum Gasteiger partial charge on any atom is 0.279 e. The van der Waals surface area contributed by atoms with Gasteiger partial charge in [-0.25, -0.2) is 24.9 Å². The lowest BCUT2D eigenvalue weighted by Crippen LogP contribution is -2.16. The van der Waals surface area contributed by atoms with Gasteiger partial charge in [0.2, 0.25) is 0 Å². The number of aryl methyl sites for hydroxylation is 2. The van der Waals surface area contributed by atoms with Crippen molar-refractivity contribution in [2.45, 2.75) is 39.0 Å². The molecule has 9 heteroatoms. The summed E-state index contributed by atoms with van der Waals surface area (Å²) in [5, 5.41) is 0. The second-order valence-electron chi connectivity index (χ2n) is 7.26. The highest BCUT2D eigenvalue weighted by molar-refractivity contribution is 5.74. The predicted molar refractivity (Wildman–Crippen MR) is 102 cm³/mol. The highest BCUT2D eigenvalue weighted by Crippen LogP contribution is 2.24. The molecule has 4 rings (SSSR count). The monoisotopic (exact) mass is 366 g/mol. The zero-order chi connectivity index (χ0) is 19.3. The summed E-state index contributed by atoms with van der Waals surface area (Å²) < 4.78 is 3.74. The molecule has 4 aromatic rings. The summed E-state index contributed by atoms with van der Waals surface area (Å²) in [5.74, 6) is 1.75. The summed E-state index contributed by atoms with van der Waals surface area (Å²) in [6.45, 7) is 6.21. The number of aromatic amines is 1. The predicted octanol–water partition coefficient (Wildman–Crippen LogP) is 1.80. The minimum Gasteiger partial charge on any atom is -0.318 e. The normalized spacial score (nSPS) is 13.1. The Bertz CT molecular complexity index is 1200. The molecule has 9 nitrogen and oxygen atoms in total. The Kier molecular flexibility index (Phi) is 4.01. The molecular formula is C18H22N8O. The molecule has 4 heterocycles. The average molecular weight is 366 g/mol. The van der Waals surface area contributed by atoms with Crippen LogP contribution in [-0.2, 0) is 20.5 Å². The summed E-state index contributed by atoms with van der Waals surface area (Å²) in [4.78, 5) is 37.4. The molecule has 1 N–H and O–H groups in total. The molecule has 0 fully saturated rings. The van der Waals surface area contributed by atoms with Crippen LogP contribution in [0.25, 0.3) is 22.3 Å². The van der Waals surface area contributed by atoms with E-state index < -0.39 is 0 Å². The second kappa shape index (κ2) is 6.26. The molecule has 0 aliphatic rings. The molecule has 0 aromatic carbocycles. The van der Waals surface area contributed by atoms with Gasteiger partial charge in [-0.1, -0.05) is 20.8 Å². The first-order valence-electron chi connectivity index (χ1n) is 8.94.